The van der Waals surface area contributed by atoms with Crippen LogP contribution in [0.3, 0.4) is 0 Å². The van der Waals surface area contributed by atoms with Crippen molar-refractivity contribution in [2.45, 2.75) is 19.6 Å². The molecule has 0 saturated heterocycles. The van der Waals surface area contributed by atoms with Crippen LogP contribution in [0, 0.1) is 19.7 Å². The van der Waals surface area contributed by atoms with E-state index in [1.807, 2.05) is 0 Å². The summed E-state index contributed by atoms with van der Waals surface area (Å²) in [4.78, 5) is 0. The Bertz CT molecular complexity index is 497. The zero-order valence-electron chi connectivity index (χ0n) is 8.14. The lowest BCUT2D eigenvalue weighted by Gasteiger charge is -2.09. The summed E-state index contributed by atoms with van der Waals surface area (Å²) in [6, 6.07) is 1.43. The van der Waals surface area contributed by atoms with Gasteiger partial charge in [-0.25, -0.2) is 12.8 Å². The molecule has 0 aliphatic heterocycles. The van der Waals surface area contributed by atoms with Crippen molar-refractivity contribution in [3.63, 3.8) is 0 Å². The Morgan fingerprint density at radius 3 is 2.33 bits per heavy atom. The van der Waals surface area contributed by atoms with Crippen molar-refractivity contribution in [1.82, 2.24) is 0 Å². The standard InChI is InChI=1S/C9H9Cl2FO2S/c1-5-7(4-15(11,13)14)3-8(10)6(2)9(5)12/h3H,4H2,1-2H3. The molecule has 1 aromatic carbocycles. The molecule has 0 radical (unpaired) electrons. The molecule has 0 atom stereocenters. The van der Waals surface area contributed by atoms with E-state index < -0.39 is 20.6 Å². The molecule has 6 heteroatoms. The van der Waals surface area contributed by atoms with Gasteiger partial charge in [0.05, 0.1) is 5.75 Å². The molecule has 1 rings (SSSR count). The number of hydrogen-bond acceptors (Lipinski definition) is 2. The number of rotatable bonds is 2. The van der Waals surface area contributed by atoms with Crippen molar-refractivity contribution in [3.8, 4) is 0 Å². The fourth-order valence-electron chi connectivity index (χ4n) is 1.23. The second-order valence-corrected chi connectivity index (χ2v) is 6.45. The second-order valence-electron chi connectivity index (χ2n) is 3.26. The van der Waals surface area contributed by atoms with E-state index in [-0.39, 0.29) is 16.1 Å². The summed E-state index contributed by atoms with van der Waals surface area (Å²) in [6.07, 6.45) is 0. The molecule has 15 heavy (non-hydrogen) atoms. The Labute approximate surface area is 97.4 Å². The summed E-state index contributed by atoms with van der Waals surface area (Å²) >= 11 is 5.74. The molecule has 0 spiro atoms. The van der Waals surface area contributed by atoms with Gasteiger partial charge >= 0.3 is 0 Å². The van der Waals surface area contributed by atoms with Gasteiger partial charge in [-0.15, -0.1) is 0 Å². The predicted molar refractivity (Wildman–Crippen MR) is 59.4 cm³/mol. The first-order chi connectivity index (χ1) is 6.72. The molecule has 0 aliphatic rings. The Balaban J connectivity index is 3.33. The van der Waals surface area contributed by atoms with Crippen LogP contribution in [0.4, 0.5) is 4.39 Å². The molecule has 2 nitrogen and oxygen atoms in total. The van der Waals surface area contributed by atoms with E-state index >= 15 is 0 Å². The van der Waals surface area contributed by atoms with Crippen molar-refractivity contribution >= 4 is 31.3 Å². The molecule has 1 aromatic rings. The van der Waals surface area contributed by atoms with Crippen LogP contribution in [0.5, 0.6) is 0 Å². The van der Waals surface area contributed by atoms with Crippen molar-refractivity contribution in [2.24, 2.45) is 0 Å². The lowest BCUT2D eigenvalue weighted by atomic mass is 10.1. The minimum atomic E-state index is -3.70. The molecule has 0 unspecified atom stereocenters. The fraction of sp³-hybridized carbons (Fsp3) is 0.333. The van der Waals surface area contributed by atoms with E-state index in [9.17, 15) is 12.8 Å². The molecule has 0 N–H and O–H groups in total. The molecule has 0 bridgehead atoms. The van der Waals surface area contributed by atoms with Crippen molar-refractivity contribution in [2.75, 3.05) is 0 Å². The van der Waals surface area contributed by atoms with Crippen LogP contribution in [-0.2, 0) is 14.8 Å². The van der Waals surface area contributed by atoms with Gasteiger partial charge in [-0.2, -0.15) is 0 Å². The van der Waals surface area contributed by atoms with E-state index in [0.29, 0.717) is 5.56 Å². The van der Waals surface area contributed by atoms with Crippen LogP contribution in [-0.4, -0.2) is 8.42 Å². The van der Waals surface area contributed by atoms with E-state index in [1.165, 1.54) is 19.9 Å². The fourth-order valence-corrected chi connectivity index (χ4v) is 2.47. The van der Waals surface area contributed by atoms with Crippen molar-refractivity contribution < 1.29 is 12.8 Å². The van der Waals surface area contributed by atoms with Crippen molar-refractivity contribution in [3.05, 3.63) is 33.6 Å². The molecule has 0 fully saturated rings. The third kappa shape index (κ3) is 3.06. The Hall–Kier alpha value is -0.320. The zero-order chi connectivity index (χ0) is 11.8. The average molecular weight is 271 g/mol. The molecular formula is C9H9Cl2FO2S. The molecule has 84 valence electrons. The maximum absolute atomic E-state index is 13.5. The SMILES string of the molecule is Cc1c(Cl)cc(CS(=O)(=O)Cl)c(C)c1F. The van der Waals surface area contributed by atoms with E-state index in [0.717, 1.165) is 0 Å². The first-order valence-electron chi connectivity index (χ1n) is 4.09. The zero-order valence-corrected chi connectivity index (χ0v) is 10.5. The van der Waals surface area contributed by atoms with E-state index in [4.69, 9.17) is 22.3 Å². The first-order valence-corrected chi connectivity index (χ1v) is 6.94. The lowest BCUT2D eigenvalue weighted by Crippen LogP contribution is -2.01. The van der Waals surface area contributed by atoms with E-state index in [1.54, 1.807) is 0 Å². The van der Waals surface area contributed by atoms with Gasteiger partial charge in [-0.1, -0.05) is 11.6 Å². The van der Waals surface area contributed by atoms with Gasteiger partial charge in [-0.05, 0) is 31.0 Å². The Morgan fingerprint density at radius 2 is 1.87 bits per heavy atom. The van der Waals surface area contributed by atoms with Gasteiger partial charge in [0.25, 0.3) is 0 Å². The summed E-state index contributed by atoms with van der Waals surface area (Å²) in [5.41, 5.74) is 0.865. The maximum Gasteiger partial charge on any atom is 0.236 e. The van der Waals surface area contributed by atoms with Crippen LogP contribution in [0.25, 0.3) is 0 Å². The summed E-state index contributed by atoms with van der Waals surface area (Å²) in [6.45, 7) is 3.03. The van der Waals surface area contributed by atoms with Gasteiger partial charge in [0.15, 0.2) is 0 Å². The highest BCUT2D eigenvalue weighted by atomic mass is 35.7. The van der Waals surface area contributed by atoms with Crippen molar-refractivity contribution in [1.29, 1.82) is 0 Å². The smallest absolute Gasteiger partial charge is 0.212 e. The molecule has 0 aliphatic carbocycles. The van der Waals surface area contributed by atoms with Crippen LogP contribution in [0.15, 0.2) is 6.07 Å². The maximum atomic E-state index is 13.5. The topological polar surface area (TPSA) is 34.1 Å². The first kappa shape index (κ1) is 12.7. The summed E-state index contributed by atoms with van der Waals surface area (Å²) < 4.78 is 35.2. The summed E-state index contributed by atoms with van der Waals surface area (Å²) in [5, 5.41) is 0.202. The third-order valence-corrected chi connectivity index (χ3v) is 3.50. The highest BCUT2D eigenvalue weighted by Crippen LogP contribution is 2.26. The van der Waals surface area contributed by atoms with Gasteiger partial charge in [-0.3, -0.25) is 0 Å². The van der Waals surface area contributed by atoms with Gasteiger partial charge in [0.2, 0.25) is 9.05 Å². The monoisotopic (exact) mass is 270 g/mol. The molecular weight excluding hydrogens is 262 g/mol. The predicted octanol–water partition coefficient (Wildman–Crippen LogP) is 3.16. The number of benzene rings is 1. The molecule has 0 amide bonds. The van der Waals surface area contributed by atoms with Gasteiger partial charge in [0, 0.05) is 21.3 Å². The normalized spacial score (nSPS) is 11.8. The summed E-state index contributed by atoms with van der Waals surface area (Å²) in [5.74, 6) is -0.907. The molecule has 0 saturated carbocycles. The second kappa shape index (κ2) is 4.28. The van der Waals surface area contributed by atoms with Gasteiger partial charge in [0.1, 0.15) is 5.82 Å². The average Bonchev–Trinajstić information content (AvgIpc) is 2.08. The lowest BCUT2D eigenvalue weighted by molar-refractivity contribution is 0.602. The number of hydrogen-bond donors (Lipinski definition) is 0. The van der Waals surface area contributed by atoms with Crippen LogP contribution < -0.4 is 0 Å². The van der Waals surface area contributed by atoms with Crippen LogP contribution in [0.2, 0.25) is 5.02 Å². The van der Waals surface area contributed by atoms with Gasteiger partial charge < -0.3 is 0 Å². The quantitative estimate of drug-likeness (QED) is 0.774. The highest BCUT2D eigenvalue weighted by Gasteiger charge is 2.15. The van der Waals surface area contributed by atoms with E-state index in [2.05, 4.69) is 0 Å². The van der Waals surface area contributed by atoms with Crippen LogP contribution >= 0.6 is 22.3 Å². The Morgan fingerprint density at radius 1 is 1.33 bits per heavy atom. The minimum absolute atomic E-state index is 0.202. The third-order valence-electron chi connectivity index (χ3n) is 2.13. The minimum Gasteiger partial charge on any atom is -0.212 e. The molecule has 0 aromatic heterocycles. The van der Waals surface area contributed by atoms with Crippen LogP contribution in [0.1, 0.15) is 16.7 Å². The Kier molecular flexibility index (Phi) is 3.63. The molecule has 0 heterocycles. The number of halogens is 3. The summed E-state index contributed by atoms with van der Waals surface area (Å²) in [7, 11) is 1.39. The largest absolute Gasteiger partial charge is 0.236 e. The highest BCUT2D eigenvalue weighted by molar-refractivity contribution is 8.13.